The molecule has 0 aromatic rings. The highest BCUT2D eigenvalue weighted by molar-refractivity contribution is 5.79. The molecule has 5 nitrogen and oxygen atoms in total. The number of carbonyl (C=O) groups excluding carboxylic acids is 1. The molecule has 20 heavy (non-hydrogen) atoms. The van der Waals surface area contributed by atoms with Gasteiger partial charge in [0.25, 0.3) is 0 Å². The number of ether oxygens (including phenoxy) is 2. The number of morpholine rings is 1. The fourth-order valence-electron chi connectivity index (χ4n) is 2.89. The molecular formula is C15H30N2O3. The molecule has 1 fully saturated rings. The second kappa shape index (κ2) is 6.00. The van der Waals surface area contributed by atoms with Crippen molar-refractivity contribution in [1.29, 1.82) is 0 Å². The summed E-state index contributed by atoms with van der Waals surface area (Å²) in [5, 5.41) is 0. The van der Waals surface area contributed by atoms with Gasteiger partial charge in [0, 0.05) is 19.6 Å². The normalized spacial score (nSPS) is 24.9. The number of esters is 1. The maximum Gasteiger partial charge on any atom is 0.325 e. The van der Waals surface area contributed by atoms with Crippen LogP contribution in [-0.2, 0) is 14.3 Å². The minimum atomic E-state index is -0.928. The molecule has 1 unspecified atom stereocenters. The third kappa shape index (κ3) is 5.04. The predicted molar refractivity (Wildman–Crippen MR) is 79.5 cm³/mol. The molecule has 5 heteroatoms. The Kier molecular flexibility index (Phi) is 5.22. The van der Waals surface area contributed by atoms with Crippen LogP contribution in [0.5, 0.6) is 0 Å². The van der Waals surface area contributed by atoms with E-state index in [4.69, 9.17) is 15.2 Å². The monoisotopic (exact) mass is 286 g/mol. The van der Waals surface area contributed by atoms with Gasteiger partial charge in [-0.05, 0) is 48.0 Å². The van der Waals surface area contributed by atoms with Gasteiger partial charge < -0.3 is 15.2 Å². The molecule has 0 saturated carbocycles. The zero-order chi connectivity index (χ0) is 15.6. The standard InChI is InChI=1S/C15H30N2O3/c1-7-19-12(18)15(6,16)8-9-17-10-13(2,3)20-14(4,5)11-17/h7-11,16H2,1-6H3. The zero-order valence-corrected chi connectivity index (χ0v) is 13.8. The van der Waals surface area contributed by atoms with Crippen LogP contribution in [0.2, 0.25) is 0 Å². The van der Waals surface area contributed by atoms with Crippen LogP contribution >= 0.6 is 0 Å². The van der Waals surface area contributed by atoms with Crippen LogP contribution < -0.4 is 5.73 Å². The van der Waals surface area contributed by atoms with Gasteiger partial charge in [-0.1, -0.05) is 0 Å². The SMILES string of the molecule is CCOC(=O)C(C)(N)CCN1CC(C)(C)OC(C)(C)C1. The van der Waals surface area contributed by atoms with Crippen LogP contribution in [0.4, 0.5) is 0 Å². The van der Waals surface area contributed by atoms with E-state index in [2.05, 4.69) is 32.6 Å². The van der Waals surface area contributed by atoms with Crippen LogP contribution in [0, 0.1) is 0 Å². The highest BCUT2D eigenvalue weighted by Gasteiger charge is 2.39. The van der Waals surface area contributed by atoms with Crippen LogP contribution in [0.1, 0.15) is 48.0 Å². The second-order valence-corrected chi connectivity index (χ2v) is 7.22. The molecule has 0 aliphatic carbocycles. The van der Waals surface area contributed by atoms with Gasteiger partial charge in [0.2, 0.25) is 0 Å². The number of hydrogen-bond acceptors (Lipinski definition) is 5. The summed E-state index contributed by atoms with van der Waals surface area (Å²) in [6.45, 7) is 14.7. The fraction of sp³-hybridized carbons (Fsp3) is 0.933. The molecule has 1 aliphatic rings. The largest absolute Gasteiger partial charge is 0.465 e. The molecule has 0 radical (unpaired) electrons. The fourth-order valence-corrected chi connectivity index (χ4v) is 2.89. The van der Waals surface area contributed by atoms with Crippen LogP contribution in [0.3, 0.4) is 0 Å². The Hall–Kier alpha value is -0.650. The number of nitrogens with two attached hydrogens (primary N) is 1. The maximum absolute atomic E-state index is 11.8. The van der Waals surface area contributed by atoms with E-state index in [1.54, 1.807) is 13.8 Å². The minimum absolute atomic E-state index is 0.184. The smallest absolute Gasteiger partial charge is 0.325 e. The van der Waals surface area contributed by atoms with Gasteiger partial charge in [-0.15, -0.1) is 0 Å². The lowest BCUT2D eigenvalue weighted by Crippen LogP contribution is -2.58. The molecule has 0 amide bonds. The number of carbonyl (C=O) groups is 1. The van der Waals surface area contributed by atoms with E-state index in [-0.39, 0.29) is 17.2 Å². The molecule has 0 aromatic carbocycles. The second-order valence-electron chi connectivity index (χ2n) is 7.22. The first-order valence-electron chi connectivity index (χ1n) is 7.36. The Morgan fingerprint density at radius 2 is 1.80 bits per heavy atom. The highest BCUT2D eigenvalue weighted by atomic mass is 16.5. The van der Waals surface area contributed by atoms with E-state index < -0.39 is 5.54 Å². The minimum Gasteiger partial charge on any atom is -0.465 e. The Morgan fingerprint density at radius 3 is 2.25 bits per heavy atom. The van der Waals surface area contributed by atoms with Gasteiger partial charge >= 0.3 is 5.97 Å². The van der Waals surface area contributed by atoms with Gasteiger partial charge in [0.15, 0.2) is 0 Å². The molecule has 1 rings (SSSR count). The summed E-state index contributed by atoms with van der Waals surface area (Å²) in [5.41, 5.74) is 4.77. The van der Waals surface area contributed by atoms with Gasteiger partial charge in [-0.25, -0.2) is 0 Å². The lowest BCUT2D eigenvalue weighted by molar-refractivity contribution is -0.181. The van der Waals surface area contributed by atoms with Gasteiger partial charge in [-0.3, -0.25) is 9.69 Å². The molecule has 0 spiro atoms. The van der Waals surface area contributed by atoms with Crippen molar-refractivity contribution in [1.82, 2.24) is 4.90 Å². The summed E-state index contributed by atoms with van der Waals surface area (Å²) in [6.07, 6.45) is 0.581. The molecule has 1 heterocycles. The van der Waals surface area contributed by atoms with E-state index in [0.29, 0.717) is 13.0 Å². The van der Waals surface area contributed by atoms with Crippen LogP contribution in [0.25, 0.3) is 0 Å². The van der Waals surface area contributed by atoms with Gasteiger partial charge in [-0.2, -0.15) is 0 Å². The van der Waals surface area contributed by atoms with E-state index in [0.717, 1.165) is 19.6 Å². The van der Waals surface area contributed by atoms with Crippen LogP contribution in [-0.4, -0.2) is 53.9 Å². The quantitative estimate of drug-likeness (QED) is 0.777. The number of hydrogen-bond donors (Lipinski definition) is 1. The predicted octanol–water partition coefficient (Wildman–Crippen LogP) is 1.55. The maximum atomic E-state index is 11.8. The van der Waals surface area contributed by atoms with Crippen LogP contribution in [0.15, 0.2) is 0 Å². The molecular weight excluding hydrogens is 256 g/mol. The summed E-state index contributed by atoms with van der Waals surface area (Å²) < 4.78 is 11.1. The van der Waals surface area contributed by atoms with Crippen molar-refractivity contribution in [3.8, 4) is 0 Å². The average molecular weight is 286 g/mol. The first-order valence-corrected chi connectivity index (χ1v) is 7.36. The van der Waals surface area contributed by atoms with Crippen molar-refractivity contribution >= 4 is 5.97 Å². The third-order valence-corrected chi connectivity index (χ3v) is 3.45. The summed E-state index contributed by atoms with van der Waals surface area (Å²) in [5.74, 6) is -0.327. The van der Waals surface area contributed by atoms with Gasteiger partial charge in [0.1, 0.15) is 5.54 Å². The zero-order valence-electron chi connectivity index (χ0n) is 13.8. The summed E-state index contributed by atoms with van der Waals surface area (Å²) in [6, 6.07) is 0. The highest BCUT2D eigenvalue weighted by Crippen LogP contribution is 2.28. The third-order valence-electron chi connectivity index (χ3n) is 3.45. The molecule has 1 aliphatic heterocycles. The van der Waals surface area contributed by atoms with E-state index in [1.165, 1.54) is 0 Å². The molecule has 2 N–H and O–H groups in total. The Bertz CT molecular complexity index is 335. The molecule has 1 saturated heterocycles. The number of rotatable bonds is 5. The van der Waals surface area contributed by atoms with E-state index in [1.807, 2.05) is 0 Å². The van der Waals surface area contributed by atoms with Crippen molar-refractivity contribution in [2.24, 2.45) is 5.73 Å². The van der Waals surface area contributed by atoms with Crippen molar-refractivity contribution in [3.63, 3.8) is 0 Å². The van der Waals surface area contributed by atoms with E-state index in [9.17, 15) is 4.79 Å². The average Bonchev–Trinajstić information content (AvgIpc) is 2.22. The number of nitrogens with zero attached hydrogens (tertiary/aromatic N) is 1. The summed E-state index contributed by atoms with van der Waals surface area (Å²) in [7, 11) is 0. The molecule has 1 atom stereocenters. The van der Waals surface area contributed by atoms with Crippen molar-refractivity contribution in [3.05, 3.63) is 0 Å². The van der Waals surface area contributed by atoms with Crippen molar-refractivity contribution in [2.75, 3.05) is 26.2 Å². The summed E-state index contributed by atoms with van der Waals surface area (Å²) >= 11 is 0. The Morgan fingerprint density at radius 1 is 1.30 bits per heavy atom. The Balaban J connectivity index is 2.58. The molecule has 0 aromatic heterocycles. The van der Waals surface area contributed by atoms with E-state index >= 15 is 0 Å². The molecule has 118 valence electrons. The summed E-state index contributed by atoms with van der Waals surface area (Å²) in [4.78, 5) is 14.1. The van der Waals surface area contributed by atoms with Crippen molar-refractivity contribution in [2.45, 2.75) is 64.7 Å². The van der Waals surface area contributed by atoms with Crippen molar-refractivity contribution < 1.29 is 14.3 Å². The first-order chi connectivity index (χ1) is 8.97. The Labute approximate surface area is 122 Å². The lowest BCUT2D eigenvalue weighted by Gasteiger charge is -2.47. The van der Waals surface area contributed by atoms with Gasteiger partial charge in [0.05, 0.1) is 17.8 Å². The first kappa shape index (κ1) is 17.4. The lowest BCUT2D eigenvalue weighted by atomic mass is 9.95. The topological polar surface area (TPSA) is 64.8 Å². The molecule has 0 bridgehead atoms.